The van der Waals surface area contributed by atoms with E-state index in [1.807, 2.05) is 24.3 Å². The second-order valence-electron chi connectivity index (χ2n) is 6.85. The first-order chi connectivity index (χ1) is 13.7. The normalized spacial score (nSPS) is 15.4. The molecule has 3 rings (SSSR count). The zero-order chi connectivity index (χ0) is 19.6. The molecule has 0 aromatic heterocycles. The number of hydrogen-bond acceptors (Lipinski definition) is 3. The molecule has 1 aliphatic heterocycles. The van der Waals surface area contributed by atoms with Crippen molar-refractivity contribution < 1.29 is 9.47 Å². The van der Waals surface area contributed by atoms with Crippen molar-refractivity contribution in [2.45, 2.75) is 38.6 Å². The number of hydrogen-bond donors (Lipinski definition) is 2. The zero-order valence-electron chi connectivity index (χ0n) is 16.3. The van der Waals surface area contributed by atoms with Crippen LogP contribution in [-0.2, 0) is 29.2 Å². The molecule has 1 saturated heterocycles. The third kappa shape index (κ3) is 6.82. The molecule has 0 unspecified atom stereocenters. The third-order valence-corrected chi connectivity index (χ3v) is 4.91. The molecule has 0 amide bonds. The highest BCUT2D eigenvalue weighted by molar-refractivity contribution is 6.30. The Bertz CT molecular complexity index is 776. The first-order valence-corrected chi connectivity index (χ1v) is 10.1. The second kappa shape index (κ2) is 11.1. The molecule has 0 saturated carbocycles. The maximum Gasteiger partial charge on any atom is 0.191 e. The Morgan fingerprint density at radius 1 is 1.04 bits per heavy atom. The average molecular weight is 402 g/mol. The summed E-state index contributed by atoms with van der Waals surface area (Å²) >= 11 is 6.04. The van der Waals surface area contributed by atoms with E-state index in [4.69, 9.17) is 21.1 Å². The van der Waals surface area contributed by atoms with Crippen LogP contribution in [0.1, 0.15) is 29.5 Å². The highest BCUT2D eigenvalue weighted by Crippen LogP contribution is 2.14. The Morgan fingerprint density at radius 2 is 1.68 bits per heavy atom. The van der Waals surface area contributed by atoms with Gasteiger partial charge in [0.2, 0.25) is 0 Å². The zero-order valence-corrected chi connectivity index (χ0v) is 17.0. The first-order valence-electron chi connectivity index (χ1n) is 9.69. The predicted molar refractivity (Wildman–Crippen MR) is 114 cm³/mol. The Labute approximate surface area is 172 Å². The van der Waals surface area contributed by atoms with Crippen molar-refractivity contribution in [2.24, 2.45) is 4.99 Å². The van der Waals surface area contributed by atoms with Gasteiger partial charge >= 0.3 is 0 Å². The number of halogens is 1. The highest BCUT2D eigenvalue weighted by atomic mass is 35.5. The summed E-state index contributed by atoms with van der Waals surface area (Å²) in [5, 5.41) is 7.40. The summed E-state index contributed by atoms with van der Waals surface area (Å²) in [4.78, 5) is 4.29. The lowest BCUT2D eigenvalue weighted by Gasteiger charge is -2.22. The first kappa shape index (κ1) is 20.6. The number of nitrogens with one attached hydrogen (secondary N) is 2. The minimum absolute atomic E-state index is 0.310. The van der Waals surface area contributed by atoms with E-state index >= 15 is 0 Å². The van der Waals surface area contributed by atoms with Crippen LogP contribution < -0.4 is 10.6 Å². The fourth-order valence-electron chi connectivity index (χ4n) is 3.13. The molecule has 0 bridgehead atoms. The topological polar surface area (TPSA) is 54.9 Å². The molecule has 1 heterocycles. The molecule has 2 aromatic rings. The van der Waals surface area contributed by atoms with Crippen molar-refractivity contribution in [1.29, 1.82) is 0 Å². The Kier molecular flexibility index (Phi) is 8.15. The van der Waals surface area contributed by atoms with Gasteiger partial charge in [0.25, 0.3) is 0 Å². The number of ether oxygens (including phenoxy) is 2. The van der Waals surface area contributed by atoms with Gasteiger partial charge in [0.15, 0.2) is 5.96 Å². The standard InChI is InChI=1S/C22H28ClN3O2/c1-24-22(26-15-18-5-3-7-20(23)13-18)25-14-17-4-2-6-19(12-17)16-28-21-8-10-27-11-9-21/h2-7,12-13,21H,8-11,14-16H2,1H3,(H2,24,25,26). The minimum atomic E-state index is 0.310. The van der Waals surface area contributed by atoms with Gasteiger partial charge in [-0.25, -0.2) is 0 Å². The van der Waals surface area contributed by atoms with Gasteiger partial charge in [-0.2, -0.15) is 0 Å². The van der Waals surface area contributed by atoms with Crippen LogP contribution >= 0.6 is 11.6 Å². The van der Waals surface area contributed by atoms with E-state index in [-0.39, 0.29) is 0 Å². The Morgan fingerprint density at radius 3 is 2.36 bits per heavy atom. The van der Waals surface area contributed by atoms with Crippen LogP contribution in [0.5, 0.6) is 0 Å². The molecule has 2 aromatic carbocycles. The number of guanidine groups is 1. The van der Waals surface area contributed by atoms with Gasteiger partial charge in [0, 0.05) is 38.4 Å². The Balaban J connectivity index is 1.46. The molecule has 0 radical (unpaired) electrons. The van der Waals surface area contributed by atoms with E-state index in [9.17, 15) is 0 Å². The molecular weight excluding hydrogens is 374 g/mol. The van der Waals surface area contributed by atoms with Crippen LogP contribution in [0.3, 0.4) is 0 Å². The van der Waals surface area contributed by atoms with Crippen molar-refractivity contribution in [3.63, 3.8) is 0 Å². The highest BCUT2D eigenvalue weighted by Gasteiger charge is 2.14. The molecule has 5 nitrogen and oxygen atoms in total. The monoisotopic (exact) mass is 401 g/mol. The second-order valence-corrected chi connectivity index (χ2v) is 7.29. The molecule has 0 aliphatic carbocycles. The summed E-state index contributed by atoms with van der Waals surface area (Å²) in [7, 11) is 1.77. The SMILES string of the molecule is CN=C(NCc1cccc(Cl)c1)NCc1cccc(COC2CCOCC2)c1. The molecule has 0 atom stereocenters. The van der Waals surface area contributed by atoms with Crippen LogP contribution in [0.4, 0.5) is 0 Å². The average Bonchev–Trinajstić information content (AvgIpc) is 2.73. The number of rotatable bonds is 7. The number of aliphatic imine (C=N–C) groups is 1. The smallest absolute Gasteiger partial charge is 0.191 e. The largest absolute Gasteiger partial charge is 0.381 e. The molecule has 1 aliphatic rings. The van der Waals surface area contributed by atoms with Crippen molar-refractivity contribution in [1.82, 2.24) is 10.6 Å². The molecule has 28 heavy (non-hydrogen) atoms. The third-order valence-electron chi connectivity index (χ3n) is 4.68. The molecule has 6 heteroatoms. The van der Waals surface area contributed by atoms with Crippen molar-refractivity contribution in [3.05, 3.63) is 70.2 Å². The summed E-state index contributed by atoms with van der Waals surface area (Å²) in [5.41, 5.74) is 3.49. The van der Waals surface area contributed by atoms with Gasteiger partial charge in [-0.3, -0.25) is 4.99 Å². The lowest BCUT2D eigenvalue weighted by Crippen LogP contribution is -2.36. The maximum atomic E-state index is 6.04. The summed E-state index contributed by atoms with van der Waals surface area (Å²) in [5.74, 6) is 0.754. The lowest BCUT2D eigenvalue weighted by molar-refractivity contribution is -0.0390. The van der Waals surface area contributed by atoms with Crippen molar-refractivity contribution in [3.8, 4) is 0 Å². The van der Waals surface area contributed by atoms with Crippen LogP contribution in [0, 0.1) is 0 Å². The Hall–Kier alpha value is -2.08. The van der Waals surface area contributed by atoms with Crippen molar-refractivity contribution in [2.75, 3.05) is 20.3 Å². The maximum absolute atomic E-state index is 6.04. The van der Waals surface area contributed by atoms with Crippen molar-refractivity contribution >= 4 is 17.6 Å². The summed E-state index contributed by atoms with van der Waals surface area (Å²) in [6, 6.07) is 16.3. The molecule has 150 valence electrons. The fraction of sp³-hybridized carbons (Fsp3) is 0.409. The predicted octanol–water partition coefficient (Wildman–Crippen LogP) is 3.90. The van der Waals surface area contributed by atoms with E-state index in [1.165, 1.54) is 11.1 Å². The molecular formula is C22H28ClN3O2. The summed E-state index contributed by atoms with van der Waals surface area (Å²) in [6.07, 6.45) is 2.27. The van der Waals surface area contributed by atoms with Crippen LogP contribution in [0.2, 0.25) is 5.02 Å². The van der Waals surface area contributed by atoms with E-state index in [0.717, 1.165) is 42.6 Å². The van der Waals surface area contributed by atoms with Gasteiger partial charge in [-0.05, 0) is 41.7 Å². The van der Waals surface area contributed by atoms with Gasteiger partial charge in [-0.15, -0.1) is 0 Å². The van der Waals surface area contributed by atoms with E-state index in [1.54, 1.807) is 7.05 Å². The summed E-state index contributed by atoms with van der Waals surface area (Å²) in [6.45, 7) is 3.60. The minimum Gasteiger partial charge on any atom is -0.381 e. The molecule has 0 spiro atoms. The lowest BCUT2D eigenvalue weighted by atomic mass is 10.1. The van der Waals surface area contributed by atoms with Gasteiger partial charge in [0.05, 0.1) is 12.7 Å². The molecule has 2 N–H and O–H groups in total. The quantitative estimate of drug-likeness (QED) is 0.545. The van der Waals surface area contributed by atoms with E-state index in [2.05, 4.69) is 39.9 Å². The van der Waals surface area contributed by atoms with Gasteiger partial charge in [-0.1, -0.05) is 48.0 Å². The summed E-state index contributed by atoms with van der Waals surface area (Å²) < 4.78 is 11.4. The number of benzene rings is 2. The van der Waals surface area contributed by atoms with E-state index in [0.29, 0.717) is 25.8 Å². The number of nitrogens with zero attached hydrogens (tertiary/aromatic N) is 1. The van der Waals surface area contributed by atoms with Crippen LogP contribution in [0.25, 0.3) is 0 Å². The van der Waals surface area contributed by atoms with Crippen LogP contribution in [0.15, 0.2) is 53.5 Å². The van der Waals surface area contributed by atoms with Crippen LogP contribution in [-0.4, -0.2) is 32.3 Å². The van der Waals surface area contributed by atoms with E-state index < -0.39 is 0 Å². The fourth-order valence-corrected chi connectivity index (χ4v) is 3.34. The van der Waals surface area contributed by atoms with Gasteiger partial charge in [0.1, 0.15) is 0 Å². The van der Waals surface area contributed by atoms with Gasteiger partial charge < -0.3 is 20.1 Å². The molecule has 1 fully saturated rings.